The average molecular weight is 508 g/mol. The molecule has 37 heavy (non-hydrogen) atoms. The Bertz CT molecular complexity index is 1450. The summed E-state index contributed by atoms with van der Waals surface area (Å²) in [6, 6.07) is 10.9. The summed E-state index contributed by atoms with van der Waals surface area (Å²) in [6.45, 7) is -0.565. The number of methoxy groups -OCH3 is 1. The third kappa shape index (κ3) is 5.47. The number of aliphatic hydroxyl groups is 2. The maximum atomic E-state index is 14.9. The van der Waals surface area contributed by atoms with Gasteiger partial charge in [0.25, 0.3) is 5.91 Å². The maximum Gasteiger partial charge on any atom is 0.315 e. The highest BCUT2D eigenvalue weighted by Crippen LogP contribution is 2.39. The van der Waals surface area contributed by atoms with E-state index in [1.807, 2.05) is 0 Å². The smallest absolute Gasteiger partial charge is 0.315 e. The summed E-state index contributed by atoms with van der Waals surface area (Å²) in [5, 5.41) is 50.8. The Morgan fingerprint density at radius 3 is 2.59 bits per heavy atom. The molecule has 0 atom stereocenters. The first-order valence-corrected chi connectivity index (χ1v) is 10.6. The van der Waals surface area contributed by atoms with Gasteiger partial charge in [0, 0.05) is 48.1 Å². The second-order valence-electron chi connectivity index (χ2n) is 7.78. The molecule has 0 aliphatic carbocycles. The molecule has 2 aromatic carbocycles. The Balaban J connectivity index is 1.91. The Hall–Kier alpha value is -5.02. The normalized spacial score (nSPS) is 11.3. The summed E-state index contributed by atoms with van der Waals surface area (Å²) in [5.41, 5.74) is -0.464. The number of nitro groups is 1. The number of rotatable bonds is 8. The number of hydrogen-bond donors (Lipinski definition) is 3. The van der Waals surface area contributed by atoms with Crippen molar-refractivity contribution in [3.63, 3.8) is 0 Å². The zero-order valence-corrected chi connectivity index (χ0v) is 19.7. The number of nitriles is 1. The van der Waals surface area contributed by atoms with E-state index in [9.17, 15) is 39.9 Å². The predicted molar refractivity (Wildman–Crippen MR) is 129 cm³/mol. The van der Waals surface area contributed by atoms with E-state index < -0.39 is 39.4 Å². The van der Waals surface area contributed by atoms with Crippen molar-refractivity contribution in [1.29, 1.82) is 5.26 Å². The van der Waals surface area contributed by atoms with E-state index in [1.165, 1.54) is 25.4 Å². The first kappa shape index (κ1) is 26.6. The van der Waals surface area contributed by atoms with Crippen LogP contribution in [0.4, 0.5) is 10.1 Å². The van der Waals surface area contributed by atoms with Gasteiger partial charge < -0.3 is 25.0 Å². The molecule has 3 N–H and O–H groups in total. The molecule has 0 bridgehead atoms. The molecule has 12 heteroatoms. The van der Waals surface area contributed by atoms with Crippen LogP contribution in [0.5, 0.6) is 11.5 Å². The maximum absolute atomic E-state index is 14.9. The van der Waals surface area contributed by atoms with Crippen LogP contribution >= 0.6 is 0 Å². The molecule has 3 aromatic rings. The van der Waals surface area contributed by atoms with E-state index in [-0.39, 0.29) is 30.0 Å². The number of nitrogens with zero attached hydrogens (tertiary/aromatic N) is 4. The second-order valence-corrected chi connectivity index (χ2v) is 7.78. The van der Waals surface area contributed by atoms with Gasteiger partial charge in [-0.25, -0.2) is 4.39 Å². The van der Waals surface area contributed by atoms with Crippen molar-refractivity contribution in [2.75, 3.05) is 14.2 Å². The Kier molecular flexibility index (Phi) is 8.01. The molecular weight excluding hydrogens is 487 g/mol. The van der Waals surface area contributed by atoms with Gasteiger partial charge in [-0.3, -0.25) is 19.9 Å². The van der Waals surface area contributed by atoms with E-state index in [0.29, 0.717) is 16.8 Å². The molecule has 0 aliphatic rings. The van der Waals surface area contributed by atoms with Crippen molar-refractivity contribution in [3.8, 4) is 28.8 Å². The number of likely N-dealkylation sites (N-methyl/N-ethyl adjacent to an activating group) is 1. The molecule has 0 radical (unpaired) electrons. The highest BCUT2D eigenvalue weighted by molar-refractivity contribution is 6.03. The third-order valence-corrected chi connectivity index (χ3v) is 5.45. The van der Waals surface area contributed by atoms with Gasteiger partial charge in [-0.05, 0) is 18.2 Å². The molecule has 0 unspecified atom stereocenters. The lowest BCUT2D eigenvalue weighted by molar-refractivity contribution is -0.386. The van der Waals surface area contributed by atoms with Crippen LogP contribution in [0.1, 0.15) is 16.7 Å². The van der Waals surface area contributed by atoms with Crippen LogP contribution in [0.15, 0.2) is 54.2 Å². The van der Waals surface area contributed by atoms with Gasteiger partial charge in [0.05, 0.1) is 24.3 Å². The molecule has 0 spiro atoms. The molecule has 0 saturated heterocycles. The number of carbonyl (C=O) groups excluding carboxylic acids is 1. The highest BCUT2D eigenvalue weighted by atomic mass is 19.1. The SMILES string of the molecule is COc1cc(/C(O)=C(\C#N)C(=O)N(C)Cc2ccc(-c3ncccc3CO)cc2F)cc([N+](=O)[O-])c1O. The third-order valence-electron chi connectivity index (χ3n) is 5.45. The van der Waals surface area contributed by atoms with Gasteiger partial charge in [-0.2, -0.15) is 5.26 Å². The average Bonchev–Trinajstić information content (AvgIpc) is 2.89. The molecule has 1 aromatic heterocycles. The number of phenols is 1. The first-order chi connectivity index (χ1) is 17.6. The van der Waals surface area contributed by atoms with Gasteiger partial charge in [0.15, 0.2) is 11.3 Å². The van der Waals surface area contributed by atoms with E-state index in [0.717, 1.165) is 24.1 Å². The van der Waals surface area contributed by atoms with Gasteiger partial charge >= 0.3 is 5.69 Å². The number of pyridine rings is 1. The summed E-state index contributed by atoms with van der Waals surface area (Å²) >= 11 is 0. The van der Waals surface area contributed by atoms with E-state index >= 15 is 0 Å². The summed E-state index contributed by atoms with van der Waals surface area (Å²) in [7, 11) is 2.41. The number of amides is 1. The monoisotopic (exact) mass is 508 g/mol. The molecule has 190 valence electrons. The molecule has 1 amide bonds. The summed E-state index contributed by atoms with van der Waals surface area (Å²) < 4.78 is 19.8. The standard InChI is InChI=1S/C25H21FN4O7/c1-29(12-15-6-5-14(8-19(15)26)22-16(13-31)4-3-7-28-22)25(34)18(11-27)23(32)17-9-20(30(35)36)24(33)21(10-17)37-2/h3-10,31-33H,12-13H2,1-2H3/b23-18-. The number of benzene rings is 2. The zero-order chi connectivity index (χ0) is 27.3. The minimum Gasteiger partial charge on any atom is -0.506 e. The van der Waals surface area contributed by atoms with Crippen LogP contribution < -0.4 is 4.74 Å². The molecule has 11 nitrogen and oxygen atoms in total. The van der Waals surface area contributed by atoms with Gasteiger partial charge in [0.1, 0.15) is 17.6 Å². The zero-order valence-electron chi connectivity index (χ0n) is 19.7. The van der Waals surface area contributed by atoms with E-state index in [2.05, 4.69) is 4.98 Å². The van der Waals surface area contributed by atoms with Crippen molar-refractivity contribution in [2.24, 2.45) is 0 Å². The Morgan fingerprint density at radius 2 is 2.00 bits per heavy atom. The number of hydrogen-bond acceptors (Lipinski definition) is 9. The van der Waals surface area contributed by atoms with Crippen molar-refractivity contribution in [1.82, 2.24) is 9.88 Å². The van der Waals surface area contributed by atoms with Crippen LogP contribution in [-0.2, 0) is 17.9 Å². The second kappa shape index (κ2) is 11.1. The molecule has 0 fully saturated rings. The first-order valence-electron chi connectivity index (χ1n) is 10.6. The van der Waals surface area contributed by atoms with Gasteiger partial charge in [0.2, 0.25) is 5.75 Å². The quantitative estimate of drug-likeness (QED) is 0.136. The fraction of sp³-hybridized carbons (Fsp3) is 0.160. The lowest BCUT2D eigenvalue weighted by Gasteiger charge is -2.18. The molecule has 0 aliphatic heterocycles. The number of phenolic OH excluding ortho intramolecular Hbond substituents is 1. The lowest BCUT2D eigenvalue weighted by atomic mass is 10.0. The van der Waals surface area contributed by atoms with Gasteiger partial charge in [-0.15, -0.1) is 0 Å². The van der Waals surface area contributed by atoms with Crippen LogP contribution in [0.3, 0.4) is 0 Å². The number of nitro benzene ring substituents is 1. The van der Waals surface area contributed by atoms with Crippen molar-refractivity contribution in [2.45, 2.75) is 13.2 Å². The fourth-order valence-electron chi connectivity index (χ4n) is 3.54. The summed E-state index contributed by atoms with van der Waals surface area (Å²) in [5.74, 6) is -3.68. The number of aromatic nitrogens is 1. The van der Waals surface area contributed by atoms with Crippen molar-refractivity contribution >= 4 is 17.4 Å². The number of carbonyl (C=O) groups is 1. The largest absolute Gasteiger partial charge is 0.506 e. The fourth-order valence-corrected chi connectivity index (χ4v) is 3.54. The van der Waals surface area contributed by atoms with Crippen LogP contribution in [0.25, 0.3) is 17.0 Å². The summed E-state index contributed by atoms with van der Waals surface area (Å²) in [4.78, 5) is 28.4. The minimum absolute atomic E-state index is 0.0970. The van der Waals surface area contributed by atoms with E-state index in [4.69, 9.17) is 4.74 Å². The number of aromatic hydroxyl groups is 1. The highest BCUT2D eigenvalue weighted by Gasteiger charge is 2.26. The van der Waals surface area contributed by atoms with Crippen molar-refractivity contribution in [3.05, 3.63) is 86.9 Å². The molecular formula is C25H21FN4O7. The van der Waals surface area contributed by atoms with Crippen LogP contribution in [-0.4, -0.2) is 50.2 Å². The number of halogens is 1. The van der Waals surface area contributed by atoms with Crippen LogP contribution in [0, 0.1) is 27.3 Å². The topological polar surface area (TPSA) is 170 Å². The van der Waals surface area contributed by atoms with Crippen molar-refractivity contribution < 1.29 is 34.2 Å². The molecule has 0 saturated carbocycles. The molecule has 1 heterocycles. The lowest BCUT2D eigenvalue weighted by Crippen LogP contribution is -2.28. The summed E-state index contributed by atoms with van der Waals surface area (Å²) in [6.07, 6.45) is 1.51. The Morgan fingerprint density at radius 1 is 1.27 bits per heavy atom. The number of aliphatic hydroxyl groups excluding tert-OH is 2. The van der Waals surface area contributed by atoms with E-state index in [1.54, 1.807) is 24.3 Å². The molecule has 3 rings (SSSR count). The Labute approximate surface area is 210 Å². The minimum atomic E-state index is -0.981. The number of ether oxygens (including phenoxy) is 1. The van der Waals surface area contributed by atoms with Gasteiger partial charge in [-0.1, -0.05) is 18.2 Å². The predicted octanol–water partition coefficient (Wildman–Crippen LogP) is 3.45. The van der Waals surface area contributed by atoms with Crippen LogP contribution in [0.2, 0.25) is 0 Å².